The lowest BCUT2D eigenvalue weighted by atomic mass is 9.97. The number of hydrogen-bond donors (Lipinski definition) is 0. The molecule has 0 radical (unpaired) electrons. The number of nitrogens with zero attached hydrogens (tertiary/aromatic N) is 3. The van der Waals surface area contributed by atoms with Crippen LogP contribution in [0.3, 0.4) is 0 Å². The Kier molecular flexibility index (Phi) is 11.9. The van der Waals surface area contributed by atoms with Crippen molar-refractivity contribution in [2.45, 2.75) is 9.79 Å². The molecule has 0 N–H and O–H groups in total. The van der Waals surface area contributed by atoms with Crippen LogP contribution in [0.1, 0.15) is 21.5 Å². The molecule has 0 saturated heterocycles. The van der Waals surface area contributed by atoms with Crippen molar-refractivity contribution in [1.29, 1.82) is 0 Å². The van der Waals surface area contributed by atoms with E-state index in [4.69, 9.17) is 18.9 Å². The van der Waals surface area contributed by atoms with Gasteiger partial charge in [-0.3, -0.25) is 30.3 Å². The van der Waals surface area contributed by atoms with E-state index in [1.807, 2.05) is 22.9 Å². The number of carbonyl (C=O) groups is 1. The van der Waals surface area contributed by atoms with Crippen LogP contribution in [0.25, 0.3) is 36.2 Å². The van der Waals surface area contributed by atoms with Gasteiger partial charge in [0.05, 0.1) is 87.5 Å². The molecule has 0 unspecified atom stereocenters. The summed E-state index contributed by atoms with van der Waals surface area (Å²) in [5.41, 5.74) is -1.31. The van der Waals surface area contributed by atoms with Gasteiger partial charge in [-0.15, -0.1) is 34.0 Å². The third-order valence-electron chi connectivity index (χ3n) is 8.56. The quantitative estimate of drug-likeness (QED) is 0.0410. The van der Waals surface area contributed by atoms with Gasteiger partial charge in [-0.1, -0.05) is 59.2 Å². The van der Waals surface area contributed by atoms with Gasteiger partial charge < -0.3 is 18.9 Å². The summed E-state index contributed by atoms with van der Waals surface area (Å²) >= 11 is 11.1. The summed E-state index contributed by atoms with van der Waals surface area (Å²) in [6.07, 6.45) is 0. The van der Waals surface area contributed by atoms with E-state index < -0.39 is 37.8 Å². The van der Waals surface area contributed by atoms with E-state index in [1.54, 1.807) is 64.6 Å². The maximum atomic E-state index is 13.8. The molecule has 0 bridgehead atoms. The number of rotatable bonds is 15. The number of thioether (sulfide) groups is 4. The van der Waals surface area contributed by atoms with Gasteiger partial charge in [-0.2, -0.15) is 0 Å². The fraction of sp³-hybridized carbons (Fsp3) is 0.194. The van der Waals surface area contributed by atoms with Gasteiger partial charge >= 0.3 is 5.97 Å². The van der Waals surface area contributed by atoms with Gasteiger partial charge in [-0.25, -0.2) is 4.79 Å². The topological polar surface area (TPSA) is 183 Å². The first-order valence-corrected chi connectivity index (χ1v) is 22.5. The lowest BCUT2D eigenvalue weighted by Crippen LogP contribution is -2.15. The zero-order valence-electron chi connectivity index (χ0n) is 29.2. The Morgan fingerprint density at radius 1 is 0.649 bits per heavy atom. The number of methoxy groups -OCH3 is 1. The molecule has 0 spiro atoms. The number of ether oxygens (including phenoxy) is 4. The maximum Gasteiger partial charge on any atom is 0.339 e. The van der Waals surface area contributed by atoms with Crippen molar-refractivity contribution in [2.75, 3.05) is 46.8 Å². The van der Waals surface area contributed by atoms with E-state index in [-0.39, 0.29) is 54.2 Å². The predicted octanol–water partition coefficient (Wildman–Crippen LogP) is 11.0. The van der Waals surface area contributed by atoms with Crippen molar-refractivity contribution in [1.82, 2.24) is 0 Å². The predicted molar refractivity (Wildman–Crippen MR) is 227 cm³/mol. The fourth-order valence-corrected chi connectivity index (χ4v) is 15.8. The molecule has 2 aliphatic heterocycles. The second-order valence-corrected chi connectivity index (χ2v) is 19.7. The van der Waals surface area contributed by atoms with Gasteiger partial charge in [-0.05, 0) is 28.5 Å². The van der Waals surface area contributed by atoms with Gasteiger partial charge in [0.25, 0.3) is 17.1 Å². The molecule has 2 aromatic carbocycles. The molecule has 14 nitrogen and oxygen atoms in total. The first-order valence-electron chi connectivity index (χ1n) is 16.7. The van der Waals surface area contributed by atoms with Crippen LogP contribution in [-0.4, -0.2) is 67.5 Å². The van der Waals surface area contributed by atoms with Crippen molar-refractivity contribution < 1.29 is 38.5 Å². The third-order valence-corrected chi connectivity index (χ3v) is 17.8. The standard InChI is InChI=1S/C36H25N3O11S7/c1-47-6-7-48-8-9-49-10-11-50-33(40)22-16-18(37(41)42)14-20-26(22)28-21(15-19(38(43)44)17-23(28)39(45)46)27(20)34-56-35-36(57-34)55-32-30(25-5-3-13-52-25)53-29(31(32)54-35)24-4-2-12-51-24/h2-5,12-17H,6-11H2,1H3. The van der Waals surface area contributed by atoms with Crippen LogP contribution in [-0.2, 0) is 18.9 Å². The van der Waals surface area contributed by atoms with Crippen LogP contribution in [0.2, 0.25) is 0 Å². The highest BCUT2D eigenvalue weighted by molar-refractivity contribution is 8.41. The Morgan fingerprint density at radius 3 is 1.72 bits per heavy atom. The van der Waals surface area contributed by atoms with E-state index >= 15 is 0 Å². The summed E-state index contributed by atoms with van der Waals surface area (Å²) in [4.78, 5) is 55.6. The van der Waals surface area contributed by atoms with Gasteiger partial charge in [0.2, 0.25) is 0 Å². The molecular weight excluding hydrogens is 875 g/mol. The first kappa shape index (κ1) is 39.8. The van der Waals surface area contributed by atoms with Crippen LogP contribution < -0.4 is 0 Å². The summed E-state index contributed by atoms with van der Waals surface area (Å²) < 4.78 is 23.7. The molecule has 0 fully saturated rings. The zero-order chi connectivity index (χ0) is 39.8. The summed E-state index contributed by atoms with van der Waals surface area (Å²) in [6, 6.07) is 12.6. The summed E-state index contributed by atoms with van der Waals surface area (Å²) in [7, 11) is 1.56. The van der Waals surface area contributed by atoms with E-state index in [0.29, 0.717) is 23.0 Å². The van der Waals surface area contributed by atoms with Crippen LogP contribution in [0.15, 0.2) is 81.8 Å². The summed E-state index contributed by atoms with van der Waals surface area (Å²) in [6.45, 7) is 1.07. The molecule has 0 atom stereocenters. The minimum Gasteiger partial charge on any atom is -0.460 e. The molecule has 3 aromatic heterocycles. The van der Waals surface area contributed by atoms with E-state index in [2.05, 4.69) is 12.1 Å². The second kappa shape index (κ2) is 17.1. The average Bonchev–Trinajstić information content (AvgIpc) is 4.04. The van der Waals surface area contributed by atoms with Crippen LogP contribution in [0, 0.1) is 30.3 Å². The normalized spacial score (nSPS) is 14.1. The van der Waals surface area contributed by atoms with Crippen LogP contribution >= 0.6 is 81.1 Å². The molecule has 21 heteroatoms. The minimum absolute atomic E-state index is 0.0116. The number of carbonyl (C=O) groups excluding carboxylic acids is 1. The van der Waals surface area contributed by atoms with Crippen LogP contribution in [0.5, 0.6) is 0 Å². The fourth-order valence-electron chi connectivity index (χ4n) is 6.19. The molecule has 1 aliphatic carbocycles. The number of fused-ring (bicyclic) bond motifs is 4. The van der Waals surface area contributed by atoms with E-state index in [9.17, 15) is 35.1 Å². The smallest absolute Gasteiger partial charge is 0.339 e. The van der Waals surface area contributed by atoms with Crippen molar-refractivity contribution in [3.8, 4) is 30.6 Å². The van der Waals surface area contributed by atoms with Crippen molar-refractivity contribution in [3.63, 3.8) is 0 Å². The molecular formula is C36H25N3O11S7. The Bertz CT molecular complexity index is 2440. The largest absolute Gasteiger partial charge is 0.460 e. The number of nitro groups is 3. The Balaban J connectivity index is 1.19. The number of hydrogen-bond acceptors (Lipinski definition) is 18. The van der Waals surface area contributed by atoms with Crippen LogP contribution in [0.4, 0.5) is 17.1 Å². The monoisotopic (exact) mass is 899 g/mol. The molecule has 5 aromatic rings. The minimum atomic E-state index is -0.971. The number of thiophene rings is 3. The average molecular weight is 900 g/mol. The van der Waals surface area contributed by atoms with Crippen molar-refractivity contribution in [3.05, 3.63) is 119 Å². The van der Waals surface area contributed by atoms with Gasteiger partial charge in [0, 0.05) is 61.6 Å². The number of nitro benzene ring substituents is 3. The number of esters is 1. The molecule has 0 saturated carbocycles. The van der Waals surface area contributed by atoms with Gasteiger partial charge in [0.1, 0.15) is 6.61 Å². The number of non-ortho nitro benzene ring substituents is 2. The Morgan fingerprint density at radius 2 is 1.19 bits per heavy atom. The van der Waals surface area contributed by atoms with Crippen molar-refractivity contribution >= 4 is 110 Å². The molecule has 57 heavy (non-hydrogen) atoms. The Labute approximate surface area is 352 Å². The number of benzene rings is 2. The molecule has 292 valence electrons. The highest BCUT2D eigenvalue weighted by Gasteiger charge is 2.43. The zero-order valence-corrected chi connectivity index (χ0v) is 34.9. The van der Waals surface area contributed by atoms with E-state index in [0.717, 1.165) is 49.9 Å². The second-order valence-electron chi connectivity index (χ2n) is 11.9. The lowest BCUT2D eigenvalue weighted by Gasteiger charge is -2.14. The lowest BCUT2D eigenvalue weighted by molar-refractivity contribution is -0.393. The SMILES string of the molecule is COCCOCCOCCOC(=O)c1cc([N+](=O)[O-])cc2c1-c1c(cc([N+](=O)[O-])cc1[N+](=O)[O-])C2=C1SC2=C(S1)Sc1c(-c3cccs3)sc(-c3cccs3)c1S2. The Hall–Kier alpha value is -4.03. The third kappa shape index (κ3) is 7.80. The maximum absolute atomic E-state index is 13.8. The summed E-state index contributed by atoms with van der Waals surface area (Å²) in [5.74, 6) is -0.971. The highest BCUT2D eigenvalue weighted by Crippen LogP contribution is 2.70. The summed E-state index contributed by atoms with van der Waals surface area (Å²) in [5, 5.41) is 41.2. The van der Waals surface area contributed by atoms with Crippen molar-refractivity contribution in [2.24, 2.45) is 0 Å². The molecule has 5 heterocycles. The first-order chi connectivity index (χ1) is 27.6. The molecule has 8 rings (SSSR count). The highest BCUT2D eigenvalue weighted by atomic mass is 32.3. The molecule has 0 amide bonds. The van der Waals surface area contributed by atoms with E-state index in [1.165, 1.54) is 35.7 Å². The van der Waals surface area contributed by atoms with Gasteiger partial charge in [0.15, 0.2) is 0 Å². The molecule has 3 aliphatic rings.